The van der Waals surface area contributed by atoms with Gasteiger partial charge in [-0.1, -0.05) is 17.9 Å². The van der Waals surface area contributed by atoms with E-state index in [0.29, 0.717) is 28.2 Å². The molecule has 0 aliphatic heterocycles. The summed E-state index contributed by atoms with van der Waals surface area (Å²) in [7, 11) is 2.84. The molecule has 33 heavy (non-hydrogen) atoms. The van der Waals surface area contributed by atoms with Crippen molar-refractivity contribution in [1.29, 1.82) is 0 Å². The molecule has 0 aliphatic carbocycles. The molecule has 0 N–H and O–H groups in total. The average molecular weight is 455 g/mol. The number of aromatic nitrogens is 1. The molecule has 168 valence electrons. The van der Waals surface area contributed by atoms with Crippen molar-refractivity contribution in [1.82, 2.24) is 4.98 Å². The average Bonchev–Trinajstić information content (AvgIpc) is 2.82. The van der Waals surface area contributed by atoms with Crippen molar-refractivity contribution in [3.63, 3.8) is 0 Å². The monoisotopic (exact) mass is 455 g/mol. The molecule has 3 aromatic rings. The van der Waals surface area contributed by atoms with Gasteiger partial charge in [0.25, 0.3) is 0 Å². The second kappa shape index (κ2) is 9.87. The topological polar surface area (TPSA) is 74.7 Å². The first-order chi connectivity index (χ1) is 15.7. The van der Waals surface area contributed by atoms with E-state index in [9.17, 15) is 22.8 Å². The fourth-order valence-corrected chi connectivity index (χ4v) is 2.86. The van der Waals surface area contributed by atoms with Gasteiger partial charge in [-0.3, -0.25) is 4.98 Å². The van der Waals surface area contributed by atoms with Crippen molar-refractivity contribution in [2.75, 3.05) is 14.2 Å². The number of hydrogen-bond acceptors (Lipinski definition) is 6. The predicted molar refractivity (Wildman–Crippen MR) is 112 cm³/mol. The Kier molecular flexibility index (Phi) is 6.98. The SMILES string of the molecule is COc1cc(OC)cc(-c2c(C#Cc3ccncc3)cccc2C(=O)OC(=O)C(F)(F)F)c1. The second-order valence-corrected chi connectivity index (χ2v) is 6.49. The van der Waals surface area contributed by atoms with E-state index in [-0.39, 0.29) is 11.1 Å². The van der Waals surface area contributed by atoms with Gasteiger partial charge in [0.2, 0.25) is 0 Å². The molecule has 1 heterocycles. The van der Waals surface area contributed by atoms with Crippen molar-refractivity contribution in [3.05, 3.63) is 77.6 Å². The Labute approximate surface area is 186 Å². The van der Waals surface area contributed by atoms with E-state index in [1.807, 2.05) is 0 Å². The van der Waals surface area contributed by atoms with E-state index in [4.69, 9.17) is 9.47 Å². The lowest BCUT2D eigenvalue weighted by atomic mass is 9.93. The van der Waals surface area contributed by atoms with Gasteiger partial charge in [0.1, 0.15) is 11.5 Å². The van der Waals surface area contributed by atoms with E-state index < -0.39 is 18.1 Å². The van der Waals surface area contributed by atoms with Gasteiger partial charge >= 0.3 is 18.1 Å². The zero-order valence-electron chi connectivity index (χ0n) is 17.4. The molecule has 0 unspecified atom stereocenters. The van der Waals surface area contributed by atoms with E-state index in [0.717, 1.165) is 0 Å². The van der Waals surface area contributed by atoms with Crippen LogP contribution in [0.15, 0.2) is 60.9 Å². The number of halogens is 3. The number of rotatable bonds is 4. The van der Waals surface area contributed by atoms with E-state index in [1.165, 1.54) is 26.4 Å². The van der Waals surface area contributed by atoms with Gasteiger partial charge in [-0.25, -0.2) is 9.59 Å². The fourth-order valence-electron chi connectivity index (χ4n) is 2.86. The van der Waals surface area contributed by atoms with Crippen LogP contribution < -0.4 is 9.47 Å². The van der Waals surface area contributed by atoms with Crippen LogP contribution in [0.5, 0.6) is 11.5 Å². The molecule has 3 rings (SSSR count). The minimum absolute atomic E-state index is 0.149. The van der Waals surface area contributed by atoms with Crippen molar-refractivity contribution >= 4 is 11.9 Å². The Morgan fingerprint density at radius 2 is 1.55 bits per heavy atom. The zero-order valence-corrected chi connectivity index (χ0v) is 17.4. The minimum Gasteiger partial charge on any atom is -0.497 e. The number of pyridine rings is 1. The van der Waals surface area contributed by atoms with Crippen LogP contribution in [0, 0.1) is 11.8 Å². The lowest BCUT2D eigenvalue weighted by Gasteiger charge is -2.14. The van der Waals surface area contributed by atoms with Crippen LogP contribution in [0.1, 0.15) is 21.5 Å². The Bertz CT molecular complexity index is 1220. The highest BCUT2D eigenvalue weighted by Crippen LogP contribution is 2.34. The molecule has 0 aliphatic rings. The number of ether oxygens (including phenoxy) is 3. The third kappa shape index (κ3) is 5.68. The third-order valence-corrected chi connectivity index (χ3v) is 4.36. The minimum atomic E-state index is -5.33. The maximum atomic E-state index is 12.6. The smallest absolute Gasteiger partial charge is 0.491 e. The summed E-state index contributed by atoms with van der Waals surface area (Å²) in [6.07, 6.45) is -2.23. The lowest BCUT2D eigenvalue weighted by molar-refractivity contribution is -0.193. The van der Waals surface area contributed by atoms with Crippen LogP contribution in [0.4, 0.5) is 13.2 Å². The predicted octanol–water partition coefficient (Wildman–Crippen LogP) is 4.41. The number of carbonyl (C=O) groups is 2. The number of alkyl halides is 3. The van der Waals surface area contributed by atoms with Crippen LogP contribution in [-0.2, 0) is 9.53 Å². The first kappa shape index (κ1) is 23.3. The summed E-state index contributed by atoms with van der Waals surface area (Å²) >= 11 is 0. The standard InChI is InChI=1S/C24H16F3NO5/c1-31-18-12-17(13-19(14-18)32-2)21-16(7-6-15-8-10-28-11-9-15)4-3-5-20(21)22(29)33-23(30)24(25,26)27/h3-5,8-14H,1-2H3. The maximum Gasteiger partial charge on any atom is 0.491 e. The summed E-state index contributed by atoms with van der Waals surface area (Å²) in [4.78, 5) is 27.7. The zero-order chi connectivity index (χ0) is 24.0. The normalized spacial score (nSPS) is 10.6. The molecule has 0 spiro atoms. The quantitative estimate of drug-likeness (QED) is 0.330. The summed E-state index contributed by atoms with van der Waals surface area (Å²) < 4.78 is 52.5. The van der Waals surface area contributed by atoms with Gasteiger partial charge < -0.3 is 14.2 Å². The first-order valence-electron chi connectivity index (χ1n) is 9.34. The highest BCUT2D eigenvalue weighted by Gasteiger charge is 2.42. The molecule has 0 fully saturated rings. The number of hydrogen-bond donors (Lipinski definition) is 0. The Morgan fingerprint density at radius 3 is 2.12 bits per heavy atom. The molecule has 1 aromatic heterocycles. The van der Waals surface area contributed by atoms with Gasteiger partial charge in [-0.05, 0) is 42.0 Å². The lowest BCUT2D eigenvalue weighted by Crippen LogP contribution is -2.28. The largest absolute Gasteiger partial charge is 0.497 e. The van der Waals surface area contributed by atoms with Crippen LogP contribution in [0.25, 0.3) is 11.1 Å². The summed E-state index contributed by atoms with van der Waals surface area (Å²) in [5, 5.41) is 0. The molecular formula is C24H16F3NO5. The summed E-state index contributed by atoms with van der Waals surface area (Å²) in [5.41, 5.74) is 1.15. The van der Waals surface area contributed by atoms with Crippen molar-refractivity contribution < 1.29 is 37.0 Å². The molecule has 0 bridgehead atoms. The maximum absolute atomic E-state index is 12.6. The van der Waals surface area contributed by atoms with Crippen LogP contribution in [-0.4, -0.2) is 37.3 Å². The van der Waals surface area contributed by atoms with Gasteiger partial charge in [0, 0.05) is 35.2 Å². The molecule has 9 heteroatoms. The summed E-state index contributed by atoms with van der Waals surface area (Å²) in [5.74, 6) is 2.46. The van der Waals surface area contributed by atoms with Crippen molar-refractivity contribution in [2.45, 2.75) is 6.18 Å². The van der Waals surface area contributed by atoms with E-state index in [2.05, 4.69) is 21.6 Å². The van der Waals surface area contributed by atoms with Crippen molar-refractivity contribution in [3.8, 4) is 34.5 Å². The number of benzene rings is 2. The van der Waals surface area contributed by atoms with Crippen molar-refractivity contribution in [2.24, 2.45) is 0 Å². The molecule has 0 amide bonds. The molecule has 6 nitrogen and oxygen atoms in total. The van der Waals surface area contributed by atoms with Gasteiger partial charge in [0.15, 0.2) is 0 Å². The third-order valence-electron chi connectivity index (χ3n) is 4.36. The molecule has 0 saturated carbocycles. The van der Waals surface area contributed by atoms with Gasteiger partial charge in [-0.15, -0.1) is 0 Å². The van der Waals surface area contributed by atoms with E-state index >= 15 is 0 Å². The highest BCUT2D eigenvalue weighted by atomic mass is 19.4. The molecule has 0 atom stereocenters. The molecular weight excluding hydrogens is 439 g/mol. The van der Waals surface area contributed by atoms with Gasteiger partial charge in [0.05, 0.1) is 19.8 Å². The number of methoxy groups -OCH3 is 2. The summed E-state index contributed by atoms with van der Waals surface area (Å²) in [6.45, 7) is 0. The second-order valence-electron chi connectivity index (χ2n) is 6.49. The van der Waals surface area contributed by atoms with Crippen LogP contribution in [0.3, 0.4) is 0 Å². The Morgan fingerprint density at radius 1 is 0.909 bits per heavy atom. The number of carbonyl (C=O) groups excluding carboxylic acids is 2. The Hall–Kier alpha value is -4.32. The van der Waals surface area contributed by atoms with E-state index in [1.54, 1.807) is 48.8 Å². The highest BCUT2D eigenvalue weighted by molar-refractivity contribution is 6.04. The first-order valence-corrected chi connectivity index (χ1v) is 9.34. The van der Waals surface area contributed by atoms with Gasteiger partial charge in [-0.2, -0.15) is 13.2 Å². The molecule has 0 saturated heterocycles. The number of nitrogens with zero attached hydrogens (tertiary/aromatic N) is 1. The number of esters is 2. The molecule has 0 radical (unpaired) electrons. The van der Waals surface area contributed by atoms with Crippen LogP contribution in [0.2, 0.25) is 0 Å². The van der Waals surface area contributed by atoms with Crippen LogP contribution >= 0.6 is 0 Å². The molecule has 2 aromatic carbocycles. The summed E-state index contributed by atoms with van der Waals surface area (Å²) in [6, 6.07) is 12.3. The fraction of sp³-hybridized carbons (Fsp3) is 0.125. The Balaban J connectivity index is 2.20.